The molecule has 1 aliphatic carbocycles. The lowest BCUT2D eigenvalue weighted by Gasteiger charge is -2.17. The molecule has 1 aromatic carbocycles. The number of benzene rings is 1. The molecule has 0 fully saturated rings. The number of carbonyl (C=O) groups excluding carboxylic acids is 1. The number of aromatic nitrogens is 4. The Kier molecular flexibility index (Phi) is 4.18. The Morgan fingerprint density at radius 3 is 2.79 bits per heavy atom. The maximum atomic E-state index is 11.4. The molecule has 0 aliphatic heterocycles. The van der Waals surface area contributed by atoms with Crippen molar-refractivity contribution in [3.05, 3.63) is 59.2 Å². The van der Waals surface area contributed by atoms with Crippen molar-refractivity contribution in [3.8, 4) is 11.5 Å². The smallest absolute Gasteiger partial charge is 0.316 e. The Bertz CT molecular complexity index is 1090. The van der Waals surface area contributed by atoms with E-state index >= 15 is 0 Å². The number of allylic oxidation sites excluding steroid dienone is 1. The van der Waals surface area contributed by atoms with Crippen LogP contribution in [-0.2, 0) is 6.42 Å². The van der Waals surface area contributed by atoms with E-state index in [0.29, 0.717) is 17.7 Å². The number of hydrogen-bond donors (Lipinski definition) is 2. The van der Waals surface area contributed by atoms with Gasteiger partial charge in [-0.3, -0.25) is 4.79 Å². The fourth-order valence-corrected chi connectivity index (χ4v) is 3.01. The minimum Gasteiger partial charge on any atom is -0.403 e. The highest BCUT2D eigenvalue weighted by molar-refractivity contribution is 5.91. The molecule has 1 aliphatic rings. The van der Waals surface area contributed by atoms with Crippen LogP contribution in [0.15, 0.2) is 41.0 Å². The van der Waals surface area contributed by atoms with Gasteiger partial charge in [0, 0.05) is 22.9 Å². The van der Waals surface area contributed by atoms with Gasteiger partial charge >= 0.3 is 6.01 Å². The summed E-state index contributed by atoms with van der Waals surface area (Å²) in [4.78, 5) is 20.0. The molecule has 142 valence electrons. The summed E-state index contributed by atoms with van der Waals surface area (Å²) in [5.41, 5.74) is 9.11. The van der Waals surface area contributed by atoms with Crippen molar-refractivity contribution < 1.29 is 9.21 Å². The lowest BCUT2D eigenvalue weighted by molar-refractivity contribution is 0.0995. The van der Waals surface area contributed by atoms with E-state index < -0.39 is 5.91 Å². The SMILES string of the molecule is CC(C)(C)Nc1nnc(-c2ccc3c(c2)C(c2nccc(C(N)=O)n2)=CC3)o1. The summed E-state index contributed by atoms with van der Waals surface area (Å²) in [5, 5.41) is 11.4. The first kappa shape index (κ1) is 17.8. The lowest BCUT2D eigenvalue weighted by atomic mass is 10.0. The monoisotopic (exact) mass is 376 g/mol. The average molecular weight is 376 g/mol. The largest absolute Gasteiger partial charge is 0.403 e. The Morgan fingerprint density at radius 2 is 2.04 bits per heavy atom. The van der Waals surface area contributed by atoms with Crippen molar-refractivity contribution in [2.24, 2.45) is 5.73 Å². The van der Waals surface area contributed by atoms with Crippen molar-refractivity contribution in [2.45, 2.75) is 32.7 Å². The van der Waals surface area contributed by atoms with Gasteiger partial charge in [0.1, 0.15) is 5.69 Å². The van der Waals surface area contributed by atoms with Crippen LogP contribution in [0.1, 0.15) is 48.2 Å². The number of anilines is 1. The zero-order valence-corrected chi connectivity index (χ0v) is 15.9. The minimum atomic E-state index is -0.582. The Hall–Kier alpha value is -3.55. The maximum Gasteiger partial charge on any atom is 0.316 e. The van der Waals surface area contributed by atoms with Gasteiger partial charge in [-0.25, -0.2) is 9.97 Å². The third-order valence-electron chi connectivity index (χ3n) is 4.23. The highest BCUT2D eigenvalue weighted by atomic mass is 16.4. The van der Waals surface area contributed by atoms with Gasteiger partial charge in [-0.2, -0.15) is 0 Å². The van der Waals surface area contributed by atoms with Gasteiger partial charge in [-0.1, -0.05) is 17.2 Å². The molecule has 3 N–H and O–H groups in total. The van der Waals surface area contributed by atoms with Crippen LogP contribution in [0, 0.1) is 0 Å². The van der Waals surface area contributed by atoms with Gasteiger partial charge < -0.3 is 15.5 Å². The van der Waals surface area contributed by atoms with Gasteiger partial charge in [0.2, 0.25) is 5.89 Å². The van der Waals surface area contributed by atoms with E-state index in [1.807, 2.05) is 45.0 Å². The molecule has 3 aromatic rings. The maximum absolute atomic E-state index is 11.4. The first-order valence-electron chi connectivity index (χ1n) is 8.89. The standard InChI is InChI=1S/C20H20N6O2/c1-20(2,3)24-19-26-25-18(28-19)12-5-4-11-6-7-13(14(11)10-12)17-22-9-8-15(23-17)16(21)27/h4-5,7-10H,6H2,1-3H3,(H2,21,27)(H,24,26). The molecule has 2 aromatic heterocycles. The second-order valence-electron chi connectivity index (χ2n) is 7.61. The predicted octanol–water partition coefficient (Wildman–Crippen LogP) is 2.82. The highest BCUT2D eigenvalue weighted by Gasteiger charge is 2.21. The summed E-state index contributed by atoms with van der Waals surface area (Å²) >= 11 is 0. The number of hydrogen-bond acceptors (Lipinski definition) is 7. The topological polar surface area (TPSA) is 120 Å². The van der Waals surface area contributed by atoms with E-state index in [-0.39, 0.29) is 11.2 Å². The fourth-order valence-electron chi connectivity index (χ4n) is 3.01. The number of nitrogens with one attached hydrogen (secondary N) is 1. The molecular weight excluding hydrogens is 356 g/mol. The van der Waals surface area contributed by atoms with Crippen LogP contribution >= 0.6 is 0 Å². The van der Waals surface area contributed by atoms with Crippen LogP contribution < -0.4 is 11.1 Å². The second kappa shape index (κ2) is 6.56. The molecular formula is C20H20N6O2. The summed E-state index contributed by atoms with van der Waals surface area (Å²) in [6.45, 7) is 6.05. The van der Waals surface area contributed by atoms with Gasteiger partial charge in [0.05, 0.1) is 0 Å². The van der Waals surface area contributed by atoms with E-state index in [4.69, 9.17) is 10.2 Å². The van der Waals surface area contributed by atoms with Crippen molar-refractivity contribution in [2.75, 3.05) is 5.32 Å². The molecule has 28 heavy (non-hydrogen) atoms. The minimum absolute atomic E-state index is 0.180. The van der Waals surface area contributed by atoms with Crippen LogP contribution in [0.2, 0.25) is 0 Å². The van der Waals surface area contributed by atoms with Crippen molar-refractivity contribution in [3.63, 3.8) is 0 Å². The second-order valence-corrected chi connectivity index (χ2v) is 7.61. The van der Waals surface area contributed by atoms with Crippen LogP contribution in [-0.4, -0.2) is 31.6 Å². The average Bonchev–Trinajstić information content (AvgIpc) is 3.26. The first-order valence-corrected chi connectivity index (χ1v) is 8.89. The summed E-state index contributed by atoms with van der Waals surface area (Å²) in [7, 11) is 0. The summed E-state index contributed by atoms with van der Waals surface area (Å²) in [6.07, 6.45) is 4.33. The number of primary amides is 1. The Labute approximate surface area is 161 Å². The molecule has 1 amide bonds. The molecule has 0 saturated carbocycles. The third-order valence-corrected chi connectivity index (χ3v) is 4.23. The van der Waals surface area contributed by atoms with E-state index in [9.17, 15) is 4.79 Å². The highest BCUT2D eigenvalue weighted by Crippen LogP contribution is 2.34. The summed E-state index contributed by atoms with van der Waals surface area (Å²) in [6, 6.07) is 7.82. The van der Waals surface area contributed by atoms with E-state index in [0.717, 1.165) is 28.7 Å². The van der Waals surface area contributed by atoms with Crippen LogP contribution in [0.3, 0.4) is 0 Å². The van der Waals surface area contributed by atoms with Crippen LogP contribution in [0.25, 0.3) is 17.0 Å². The molecule has 8 heteroatoms. The summed E-state index contributed by atoms with van der Waals surface area (Å²) in [5.74, 6) is 0.307. The van der Waals surface area contributed by atoms with E-state index in [2.05, 4.69) is 25.5 Å². The first-order chi connectivity index (χ1) is 13.3. The van der Waals surface area contributed by atoms with Crippen molar-refractivity contribution in [1.82, 2.24) is 20.2 Å². The number of rotatable bonds is 4. The molecule has 0 bridgehead atoms. The molecule has 0 saturated heterocycles. The number of nitrogens with zero attached hydrogens (tertiary/aromatic N) is 4. The van der Waals surface area contributed by atoms with E-state index in [1.54, 1.807) is 0 Å². The van der Waals surface area contributed by atoms with Crippen molar-refractivity contribution >= 4 is 17.5 Å². The predicted molar refractivity (Wildman–Crippen MR) is 104 cm³/mol. The van der Waals surface area contributed by atoms with Gasteiger partial charge in [0.25, 0.3) is 5.91 Å². The quantitative estimate of drug-likeness (QED) is 0.718. The van der Waals surface area contributed by atoms with Gasteiger partial charge in [-0.15, -0.1) is 5.10 Å². The molecule has 4 rings (SSSR count). The fraction of sp³-hybridized carbons (Fsp3) is 0.250. The normalized spacial score (nSPS) is 13.2. The third kappa shape index (κ3) is 3.48. The molecule has 8 nitrogen and oxygen atoms in total. The molecule has 2 heterocycles. The summed E-state index contributed by atoms with van der Waals surface area (Å²) < 4.78 is 5.75. The molecule has 0 unspecified atom stereocenters. The molecule has 0 radical (unpaired) electrons. The van der Waals surface area contributed by atoms with E-state index in [1.165, 1.54) is 12.3 Å². The number of nitrogens with two attached hydrogens (primary N) is 1. The zero-order chi connectivity index (χ0) is 19.9. The van der Waals surface area contributed by atoms with Crippen molar-refractivity contribution in [1.29, 1.82) is 0 Å². The Balaban J connectivity index is 1.68. The lowest BCUT2D eigenvalue weighted by Crippen LogP contribution is -2.26. The zero-order valence-electron chi connectivity index (χ0n) is 15.9. The number of carbonyl (C=O) groups is 1. The molecule has 0 spiro atoms. The van der Waals surface area contributed by atoms with Crippen LogP contribution in [0.4, 0.5) is 6.01 Å². The number of fused-ring (bicyclic) bond motifs is 1. The van der Waals surface area contributed by atoms with Gasteiger partial charge in [0.15, 0.2) is 5.82 Å². The molecule has 0 atom stereocenters. The number of amides is 1. The Morgan fingerprint density at radius 1 is 1.21 bits per heavy atom. The van der Waals surface area contributed by atoms with Crippen LogP contribution in [0.5, 0.6) is 0 Å². The van der Waals surface area contributed by atoms with Gasteiger partial charge in [-0.05, 0) is 56.5 Å².